The highest BCUT2D eigenvalue weighted by atomic mass is 32.2. The van der Waals surface area contributed by atoms with Crippen molar-refractivity contribution in [3.8, 4) is 0 Å². The molecule has 0 aliphatic carbocycles. The smallest absolute Gasteiger partial charge is 0.251 e. The van der Waals surface area contributed by atoms with E-state index in [4.69, 9.17) is 0 Å². The third-order valence-electron chi connectivity index (χ3n) is 5.01. The molecule has 0 radical (unpaired) electrons. The topological polar surface area (TPSA) is 71.4 Å². The van der Waals surface area contributed by atoms with E-state index in [0.717, 1.165) is 20.8 Å². The van der Waals surface area contributed by atoms with Crippen molar-refractivity contribution in [2.24, 2.45) is 7.05 Å². The summed E-state index contributed by atoms with van der Waals surface area (Å²) in [5.41, 5.74) is 4.23. The van der Waals surface area contributed by atoms with Crippen molar-refractivity contribution in [1.82, 2.24) is 14.2 Å². The van der Waals surface area contributed by atoms with Crippen LogP contribution in [0.2, 0.25) is 0 Å². The van der Waals surface area contributed by atoms with E-state index >= 15 is 0 Å². The molecule has 0 aliphatic rings. The van der Waals surface area contributed by atoms with Crippen LogP contribution in [0, 0.1) is 13.8 Å². The fourth-order valence-corrected chi connectivity index (χ4v) is 4.29. The summed E-state index contributed by atoms with van der Waals surface area (Å²) in [4.78, 5) is 12.7. The summed E-state index contributed by atoms with van der Waals surface area (Å²) in [6, 6.07) is 12.9. The maximum absolute atomic E-state index is 12.6. The Bertz CT molecular complexity index is 1160. The fraction of sp³-hybridized carbons (Fsp3) is 0.286. The van der Waals surface area contributed by atoms with Crippen LogP contribution in [0.25, 0.3) is 10.9 Å². The normalized spacial score (nSPS) is 11.9. The number of aromatic nitrogens is 1. The van der Waals surface area contributed by atoms with Crippen LogP contribution in [0.3, 0.4) is 0 Å². The van der Waals surface area contributed by atoms with E-state index < -0.39 is 10.0 Å². The average Bonchev–Trinajstić information content (AvgIpc) is 2.93. The molecule has 0 saturated carbocycles. The van der Waals surface area contributed by atoms with Gasteiger partial charge in [0.15, 0.2) is 0 Å². The van der Waals surface area contributed by atoms with Crippen LogP contribution in [-0.4, -0.2) is 37.3 Å². The molecule has 3 rings (SSSR count). The van der Waals surface area contributed by atoms with Crippen molar-refractivity contribution in [2.75, 3.05) is 14.1 Å². The van der Waals surface area contributed by atoms with E-state index in [2.05, 4.69) is 28.9 Å². The molecule has 2 aromatic carbocycles. The largest absolute Gasteiger partial charge is 0.348 e. The number of carbonyl (C=O) groups is 1. The van der Waals surface area contributed by atoms with Crippen LogP contribution < -0.4 is 5.32 Å². The Kier molecular flexibility index (Phi) is 5.32. The van der Waals surface area contributed by atoms with E-state index in [0.29, 0.717) is 17.7 Å². The van der Waals surface area contributed by atoms with Gasteiger partial charge in [0, 0.05) is 49.8 Å². The van der Waals surface area contributed by atoms with Gasteiger partial charge >= 0.3 is 0 Å². The molecule has 0 spiro atoms. The predicted molar refractivity (Wildman–Crippen MR) is 111 cm³/mol. The van der Waals surface area contributed by atoms with Crippen LogP contribution in [0.4, 0.5) is 0 Å². The monoisotopic (exact) mass is 399 g/mol. The summed E-state index contributed by atoms with van der Waals surface area (Å²) in [6.45, 7) is 4.14. The molecule has 7 heteroatoms. The number of benzene rings is 2. The first-order chi connectivity index (χ1) is 13.1. The van der Waals surface area contributed by atoms with Crippen molar-refractivity contribution in [3.63, 3.8) is 0 Å². The summed E-state index contributed by atoms with van der Waals surface area (Å²) in [5, 5.41) is 4.00. The summed E-state index contributed by atoms with van der Waals surface area (Å²) in [7, 11) is 1.37. The first-order valence-corrected chi connectivity index (χ1v) is 10.4. The summed E-state index contributed by atoms with van der Waals surface area (Å²) in [5.74, 6) is -0.306. The second kappa shape index (κ2) is 7.41. The summed E-state index contributed by atoms with van der Waals surface area (Å²) in [6.07, 6.45) is 0. The highest BCUT2D eigenvalue weighted by Crippen LogP contribution is 2.21. The molecule has 0 bridgehead atoms. The molecular formula is C21H25N3O3S. The zero-order valence-electron chi connectivity index (χ0n) is 16.8. The van der Waals surface area contributed by atoms with Gasteiger partial charge in [-0.3, -0.25) is 4.79 Å². The van der Waals surface area contributed by atoms with Crippen molar-refractivity contribution >= 4 is 26.8 Å². The van der Waals surface area contributed by atoms with Gasteiger partial charge in [0.2, 0.25) is 10.0 Å². The quantitative estimate of drug-likeness (QED) is 0.717. The molecule has 0 aliphatic heterocycles. The predicted octanol–water partition coefficient (Wildman–Crippen LogP) is 2.98. The SMILES string of the molecule is Cc1ccc(C(=O)NCc2ccc3c(c2)cc(C)n3C)cc1S(=O)(=O)N(C)C. The molecule has 1 aromatic heterocycles. The molecule has 1 heterocycles. The van der Waals surface area contributed by atoms with Crippen molar-refractivity contribution in [1.29, 1.82) is 0 Å². The first-order valence-electron chi connectivity index (χ1n) is 8.97. The third kappa shape index (κ3) is 3.68. The summed E-state index contributed by atoms with van der Waals surface area (Å²) >= 11 is 0. The molecule has 0 fully saturated rings. The number of nitrogens with one attached hydrogen (secondary N) is 1. The van der Waals surface area contributed by atoms with Gasteiger partial charge < -0.3 is 9.88 Å². The lowest BCUT2D eigenvalue weighted by molar-refractivity contribution is 0.0950. The minimum atomic E-state index is -3.61. The number of rotatable bonds is 5. The lowest BCUT2D eigenvalue weighted by atomic mass is 10.1. The van der Waals surface area contributed by atoms with Crippen LogP contribution in [-0.2, 0) is 23.6 Å². The van der Waals surface area contributed by atoms with E-state index in [-0.39, 0.29) is 10.8 Å². The lowest BCUT2D eigenvalue weighted by Crippen LogP contribution is -2.25. The van der Waals surface area contributed by atoms with Crippen molar-refractivity contribution in [3.05, 3.63) is 64.8 Å². The molecule has 0 saturated heterocycles. The van der Waals surface area contributed by atoms with Gasteiger partial charge in [-0.2, -0.15) is 0 Å². The molecule has 0 unspecified atom stereocenters. The molecule has 1 N–H and O–H groups in total. The van der Waals surface area contributed by atoms with Gasteiger partial charge in [-0.05, 0) is 55.3 Å². The zero-order valence-corrected chi connectivity index (χ0v) is 17.6. The van der Waals surface area contributed by atoms with E-state index in [1.807, 2.05) is 19.2 Å². The van der Waals surface area contributed by atoms with Crippen LogP contribution in [0.5, 0.6) is 0 Å². The fourth-order valence-electron chi connectivity index (χ4n) is 3.15. The van der Waals surface area contributed by atoms with Crippen molar-refractivity contribution < 1.29 is 13.2 Å². The first kappa shape index (κ1) is 20.1. The van der Waals surface area contributed by atoms with Gasteiger partial charge in [-0.1, -0.05) is 12.1 Å². The standard InChI is InChI=1S/C21H25N3O3S/c1-14-6-8-17(12-20(14)28(26,27)23(3)4)21(25)22-13-16-7-9-19-18(11-16)10-15(2)24(19)5/h6-12H,13H2,1-5H3,(H,22,25). The number of hydrogen-bond donors (Lipinski definition) is 1. The summed E-state index contributed by atoms with van der Waals surface area (Å²) < 4.78 is 28.2. The molecule has 28 heavy (non-hydrogen) atoms. The van der Waals surface area contributed by atoms with Gasteiger partial charge in [0.1, 0.15) is 0 Å². The van der Waals surface area contributed by atoms with Crippen molar-refractivity contribution in [2.45, 2.75) is 25.3 Å². The minimum absolute atomic E-state index is 0.145. The zero-order chi connectivity index (χ0) is 20.6. The average molecular weight is 400 g/mol. The number of fused-ring (bicyclic) bond motifs is 1. The van der Waals surface area contributed by atoms with E-state index in [9.17, 15) is 13.2 Å². The van der Waals surface area contributed by atoms with Gasteiger partial charge in [-0.15, -0.1) is 0 Å². The molecule has 1 amide bonds. The van der Waals surface area contributed by atoms with Crippen LogP contribution >= 0.6 is 0 Å². The van der Waals surface area contributed by atoms with Gasteiger partial charge in [0.05, 0.1) is 4.90 Å². The molecular weight excluding hydrogens is 374 g/mol. The van der Waals surface area contributed by atoms with Gasteiger partial charge in [0.25, 0.3) is 5.91 Å². The number of sulfonamides is 1. The molecule has 0 atom stereocenters. The maximum atomic E-state index is 12.6. The molecule has 6 nitrogen and oxygen atoms in total. The maximum Gasteiger partial charge on any atom is 0.251 e. The number of amides is 1. The number of hydrogen-bond acceptors (Lipinski definition) is 3. The third-order valence-corrected chi connectivity index (χ3v) is 6.97. The lowest BCUT2D eigenvalue weighted by Gasteiger charge is -2.14. The number of aryl methyl sites for hydroxylation is 3. The van der Waals surface area contributed by atoms with E-state index in [1.54, 1.807) is 19.1 Å². The van der Waals surface area contributed by atoms with E-state index in [1.165, 1.54) is 25.9 Å². The Morgan fingerprint density at radius 1 is 1.07 bits per heavy atom. The van der Waals surface area contributed by atoms with Crippen LogP contribution in [0.15, 0.2) is 47.4 Å². The van der Waals surface area contributed by atoms with Gasteiger partial charge in [-0.25, -0.2) is 12.7 Å². The number of nitrogens with zero attached hydrogens (tertiary/aromatic N) is 2. The molecule has 148 valence electrons. The Labute approximate surface area is 165 Å². The van der Waals surface area contributed by atoms with Crippen LogP contribution in [0.1, 0.15) is 27.2 Å². The Hall–Kier alpha value is -2.64. The molecule has 3 aromatic rings. The highest BCUT2D eigenvalue weighted by molar-refractivity contribution is 7.89. The minimum Gasteiger partial charge on any atom is -0.348 e. The number of carbonyl (C=O) groups excluding carboxylic acids is 1. The second-order valence-corrected chi connectivity index (χ2v) is 9.31. The second-order valence-electron chi connectivity index (χ2n) is 7.19. The Morgan fingerprint density at radius 2 is 1.79 bits per heavy atom. The highest BCUT2D eigenvalue weighted by Gasteiger charge is 2.21. The Balaban J connectivity index is 1.80. The Morgan fingerprint density at radius 3 is 2.46 bits per heavy atom.